The second-order valence-electron chi connectivity index (χ2n) is 7.79. The number of unbranched alkanes of at least 4 members (excludes halogenated alkanes) is 1. The molecule has 3 rings (SSSR count). The summed E-state index contributed by atoms with van der Waals surface area (Å²) < 4.78 is 38.6. The van der Waals surface area contributed by atoms with Crippen LogP contribution in [0.4, 0.5) is 0 Å². The van der Waals surface area contributed by atoms with Crippen molar-refractivity contribution in [2.45, 2.75) is 38.1 Å². The van der Waals surface area contributed by atoms with Gasteiger partial charge in [0.1, 0.15) is 0 Å². The molecule has 0 bridgehead atoms. The summed E-state index contributed by atoms with van der Waals surface area (Å²) in [6.45, 7) is 5.06. The molecule has 1 aliphatic heterocycles. The van der Waals surface area contributed by atoms with Crippen LogP contribution in [-0.4, -0.2) is 52.5 Å². The molecule has 0 aromatic heterocycles. The lowest BCUT2D eigenvalue weighted by Crippen LogP contribution is -2.33. The zero-order chi connectivity index (χ0) is 21.7. The number of methoxy groups -OCH3 is 2. The van der Waals surface area contributed by atoms with Crippen LogP contribution in [0.1, 0.15) is 30.9 Å². The molecule has 0 fully saturated rings. The SMILES string of the molecule is COc1cc2c(cc1OC)CN(CCCCNS(=O)(=O)C1=CC=CC(Cl)C1C)CC2. The fraction of sp³-hybridized carbons (Fsp3) is 0.545. The molecule has 1 aromatic rings. The highest BCUT2D eigenvalue weighted by atomic mass is 35.5. The number of allylic oxidation sites excluding steroid dienone is 4. The van der Waals surface area contributed by atoms with E-state index in [1.54, 1.807) is 26.4 Å². The number of hydrogen-bond acceptors (Lipinski definition) is 5. The third kappa shape index (κ3) is 5.38. The summed E-state index contributed by atoms with van der Waals surface area (Å²) in [5, 5.41) is -0.290. The highest BCUT2D eigenvalue weighted by molar-refractivity contribution is 7.93. The Kier molecular flexibility index (Phi) is 7.85. The van der Waals surface area contributed by atoms with Gasteiger partial charge in [0, 0.05) is 25.6 Å². The number of benzene rings is 1. The lowest BCUT2D eigenvalue weighted by molar-refractivity contribution is 0.248. The zero-order valence-corrected chi connectivity index (χ0v) is 19.4. The predicted molar refractivity (Wildman–Crippen MR) is 121 cm³/mol. The third-order valence-electron chi connectivity index (χ3n) is 5.78. The molecule has 6 nitrogen and oxygen atoms in total. The van der Waals surface area contributed by atoms with Crippen molar-refractivity contribution in [1.29, 1.82) is 0 Å². The van der Waals surface area contributed by atoms with Crippen LogP contribution in [0.25, 0.3) is 0 Å². The van der Waals surface area contributed by atoms with Gasteiger partial charge in [-0.2, -0.15) is 0 Å². The molecule has 1 aromatic carbocycles. The average molecular weight is 455 g/mol. The van der Waals surface area contributed by atoms with E-state index >= 15 is 0 Å². The highest BCUT2D eigenvalue weighted by Gasteiger charge is 2.28. The summed E-state index contributed by atoms with van der Waals surface area (Å²) in [4.78, 5) is 2.76. The van der Waals surface area contributed by atoms with Gasteiger partial charge in [0.2, 0.25) is 10.0 Å². The van der Waals surface area contributed by atoms with Crippen molar-refractivity contribution in [3.63, 3.8) is 0 Å². The molecular formula is C22H31ClN2O4S. The van der Waals surface area contributed by atoms with Crippen molar-refractivity contribution in [1.82, 2.24) is 9.62 Å². The zero-order valence-electron chi connectivity index (χ0n) is 17.9. The minimum absolute atomic E-state index is 0.224. The number of sulfonamides is 1. The van der Waals surface area contributed by atoms with Gasteiger partial charge >= 0.3 is 0 Å². The molecular weight excluding hydrogens is 424 g/mol. The molecule has 2 unspecified atom stereocenters. The number of ether oxygens (including phenoxy) is 2. The molecule has 166 valence electrons. The molecule has 8 heteroatoms. The minimum Gasteiger partial charge on any atom is -0.493 e. The second-order valence-corrected chi connectivity index (χ2v) is 10.1. The first kappa shape index (κ1) is 23.1. The Balaban J connectivity index is 1.46. The monoisotopic (exact) mass is 454 g/mol. The number of alkyl halides is 1. The Morgan fingerprint density at radius 2 is 1.87 bits per heavy atom. The Morgan fingerprint density at radius 1 is 1.17 bits per heavy atom. The Morgan fingerprint density at radius 3 is 2.57 bits per heavy atom. The first-order valence-corrected chi connectivity index (χ1v) is 12.3. The largest absolute Gasteiger partial charge is 0.493 e. The Labute approximate surface area is 184 Å². The predicted octanol–water partition coefficient (Wildman–Crippen LogP) is 3.46. The molecule has 0 radical (unpaired) electrons. The molecule has 2 aliphatic rings. The molecule has 0 spiro atoms. The van der Waals surface area contributed by atoms with E-state index in [0.717, 1.165) is 50.4 Å². The van der Waals surface area contributed by atoms with E-state index in [-0.39, 0.29) is 11.3 Å². The summed E-state index contributed by atoms with van der Waals surface area (Å²) in [6.07, 6.45) is 7.86. The molecule has 0 saturated carbocycles. The Hall–Kier alpha value is -1.54. The molecule has 30 heavy (non-hydrogen) atoms. The van der Waals surface area contributed by atoms with E-state index in [1.807, 2.05) is 13.0 Å². The van der Waals surface area contributed by atoms with Crippen molar-refractivity contribution in [3.8, 4) is 11.5 Å². The summed E-state index contributed by atoms with van der Waals surface area (Å²) in [5.41, 5.74) is 2.57. The number of hydrogen-bond donors (Lipinski definition) is 1. The quantitative estimate of drug-likeness (QED) is 0.457. The molecule has 0 amide bonds. The van der Waals surface area contributed by atoms with Crippen LogP contribution in [0, 0.1) is 5.92 Å². The first-order valence-electron chi connectivity index (χ1n) is 10.3. The topological polar surface area (TPSA) is 67.9 Å². The lowest BCUT2D eigenvalue weighted by Gasteiger charge is -2.29. The van der Waals surface area contributed by atoms with Gasteiger partial charge < -0.3 is 9.47 Å². The molecule has 1 aliphatic carbocycles. The minimum atomic E-state index is -3.49. The summed E-state index contributed by atoms with van der Waals surface area (Å²) in [5.74, 6) is 1.31. The van der Waals surface area contributed by atoms with Crippen molar-refractivity contribution in [3.05, 3.63) is 46.4 Å². The van der Waals surface area contributed by atoms with Gasteiger partial charge in [-0.3, -0.25) is 4.90 Å². The number of halogens is 1. The van der Waals surface area contributed by atoms with Gasteiger partial charge in [0.25, 0.3) is 0 Å². The van der Waals surface area contributed by atoms with Crippen molar-refractivity contribution >= 4 is 21.6 Å². The van der Waals surface area contributed by atoms with Crippen LogP contribution >= 0.6 is 11.6 Å². The average Bonchev–Trinajstić information content (AvgIpc) is 2.74. The van der Waals surface area contributed by atoms with Crippen molar-refractivity contribution in [2.75, 3.05) is 33.9 Å². The van der Waals surface area contributed by atoms with Crippen LogP contribution in [0.3, 0.4) is 0 Å². The number of fused-ring (bicyclic) bond motifs is 1. The van der Waals surface area contributed by atoms with Crippen LogP contribution < -0.4 is 14.2 Å². The molecule has 2 atom stereocenters. The molecule has 0 saturated heterocycles. The fourth-order valence-electron chi connectivity index (χ4n) is 3.95. The highest BCUT2D eigenvalue weighted by Crippen LogP contribution is 2.33. The first-order chi connectivity index (χ1) is 14.4. The maximum atomic E-state index is 12.6. The van der Waals surface area contributed by atoms with Crippen molar-refractivity contribution in [2.24, 2.45) is 5.92 Å². The van der Waals surface area contributed by atoms with Gasteiger partial charge in [-0.25, -0.2) is 13.1 Å². The molecule has 1 heterocycles. The van der Waals surface area contributed by atoms with Gasteiger partial charge in [0.05, 0.1) is 24.5 Å². The number of nitrogens with one attached hydrogen (secondary N) is 1. The maximum absolute atomic E-state index is 12.6. The molecule has 1 N–H and O–H groups in total. The van der Waals surface area contributed by atoms with Gasteiger partial charge in [-0.1, -0.05) is 19.1 Å². The standard InChI is InChI=1S/C22H31ClN2O4S/c1-16-19(23)7-6-8-22(16)30(26,27)24-10-4-5-11-25-12-9-17-13-20(28-2)21(29-3)14-18(17)15-25/h6-8,13-14,16,19,24H,4-5,9-12,15H2,1-3H3. The van der Waals surface area contributed by atoms with E-state index in [2.05, 4.69) is 21.8 Å². The Bertz CT molecular complexity index is 914. The second kappa shape index (κ2) is 10.2. The van der Waals surface area contributed by atoms with E-state index in [9.17, 15) is 8.42 Å². The van der Waals surface area contributed by atoms with E-state index in [1.165, 1.54) is 11.1 Å². The van der Waals surface area contributed by atoms with E-state index in [4.69, 9.17) is 21.1 Å². The normalized spacial score (nSPS) is 21.8. The van der Waals surface area contributed by atoms with Crippen LogP contribution in [-0.2, 0) is 23.0 Å². The fourth-order valence-corrected chi connectivity index (χ4v) is 5.72. The van der Waals surface area contributed by atoms with Gasteiger partial charge in [0.15, 0.2) is 11.5 Å². The van der Waals surface area contributed by atoms with Gasteiger partial charge in [-0.15, -0.1) is 11.6 Å². The summed E-state index contributed by atoms with van der Waals surface area (Å²) in [6, 6.07) is 4.13. The lowest BCUT2D eigenvalue weighted by atomic mass is 9.98. The van der Waals surface area contributed by atoms with Gasteiger partial charge in [-0.05, 0) is 55.1 Å². The third-order valence-corrected chi connectivity index (χ3v) is 8.02. The van der Waals surface area contributed by atoms with Crippen molar-refractivity contribution < 1.29 is 17.9 Å². The summed E-state index contributed by atoms with van der Waals surface area (Å²) >= 11 is 6.17. The number of nitrogens with zero attached hydrogens (tertiary/aromatic N) is 1. The maximum Gasteiger partial charge on any atom is 0.237 e. The van der Waals surface area contributed by atoms with Crippen LogP contribution in [0.15, 0.2) is 35.3 Å². The van der Waals surface area contributed by atoms with Crippen LogP contribution in [0.2, 0.25) is 0 Å². The van der Waals surface area contributed by atoms with E-state index < -0.39 is 10.0 Å². The number of rotatable bonds is 9. The van der Waals surface area contributed by atoms with Crippen LogP contribution in [0.5, 0.6) is 11.5 Å². The summed E-state index contributed by atoms with van der Waals surface area (Å²) in [7, 11) is -0.180. The smallest absolute Gasteiger partial charge is 0.237 e. The van der Waals surface area contributed by atoms with E-state index in [0.29, 0.717) is 11.4 Å².